The fourth-order valence-electron chi connectivity index (χ4n) is 1.66. The number of nitrogens with two attached hydrogens (primary N) is 1. The monoisotopic (exact) mass is 286 g/mol. The third kappa shape index (κ3) is 4.91. The van der Waals surface area contributed by atoms with Crippen LogP contribution in [0.5, 0.6) is 0 Å². The quantitative estimate of drug-likeness (QED) is 0.836. The molecule has 1 rings (SSSR count). The van der Waals surface area contributed by atoms with Gasteiger partial charge in [-0.2, -0.15) is 0 Å². The maximum absolute atomic E-state index is 12.3. The second-order valence-electron chi connectivity index (χ2n) is 6.36. The molecule has 0 atom stereocenters. The Bertz CT molecular complexity index is 562. The number of amides is 1. The first kappa shape index (κ1) is 17.3. The molecule has 1 amide bonds. The number of rotatable bonds is 4. The first-order chi connectivity index (χ1) is 9.77. The van der Waals surface area contributed by atoms with Crippen LogP contribution in [0.15, 0.2) is 18.2 Å². The van der Waals surface area contributed by atoms with E-state index in [0.717, 1.165) is 11.1 Å². The number of aryl methyl sites for hydroxylation is 1. The lowest BCUT2D eigenvalue weighted by Crippen LogP contribution is -2.37. The van der Waals surface area contributed by atoms with E-state index in [4.69, 9.17) is 5.73 Å². The lowest BCUT2D eigenvalue weighted by molar-refractivity contribution is 0.0925. The number of carbonyl (C=O) groups excluding carboxylic acids is 1. The number of benzene rings is 1. The molecular weight excluding hydrogens is 260 g/mol. The molecule has 114 valence electrons. The summed E-state index contributed by atoms with van der Waals surface area (Å²) < 4.78 is 0. The first-order valence-electron chi connectivity index (χ1n) is 7.35. The molecule has 0 aliphatic carbocycles. The van der Waals surface area contributed by atoms with E-state index in [9.17, 15) is 4.79 Å². The van der Waals surface area contributed by atoms with E-state index in [-0.39, 0.29) is 11.3 Å². The van der Waals surface area contributed by atoms with Gasteiger partial charge in [0.25, 0.3) is 5.91 Å². The van der Waals surface area contributed by atoms with Gasteiger partial charge in [-0.05, 0) is 36.0 Å². The average Bonchev–Trinajstić information content (AvgIpc) is 2.43. The van der Waals surface area contributed by atoms with E-state index in [1.54, 1.807) is 0 Å². The minimum atomic E-state index is -0.0560. The Morgan fingerprint density at radius 1 is 1.38 bits per heavy atom. The van der Waals surface area contributed by atoms with Gasteiger partial charge < -0.3 is 11.1 Å². The summed E-state index contributed by atoms with van der Waals surface area (Å²) in [7, 11) is 0. The second-order valence-corrected chi connectivity index (χ2v) is 6.36. The molecule has 1 aromatic rings. The van der Waals surface area contributed by atoms with Crippen molar-refractivity contribution in [1.29, 1.82) is 0 Å². The summed E-state index contributed by atoms with van der Waals surface area (Å²) in [5.41, 5.74) is 8.02. The molecule has 3 heteroatoms. The van der Waals surface area contributed by atoms with Gasteiger partial charge in [-0.3, -0.25) is 4.79 Å². The summed E-state index contributed by atoms with van der Waals surface area (Å²) in [6.07, 6.45) is 0. The molecule has 0 spiro atoms. The van der Waals surface area contributed by atoms with Crippen molar-refractivity contribution in [1.82, 2.24) is 5.32 Å². The highest BCUT2D eigenvalue weighted by Crippen LogP contribution is 2.24. The van der Waals surface area contributed by atoms with Crippen LogP contribution in [0.1, 0.15) is 49.2 Å². The van der Waals surface area contributed by atoms with Gasteiger partial charge in [-0.25, -0.2) is 0 Å². The normalized spacial score (nSPS) is 11.0. The largest absolute Gasteiger partial charge is 0.351 e. The Morgan fingerprint density at radius 2 is 2.05 bits per heavy atom. The van der Waals surface area contributed by atoms with Gasteiger partial charge in [-0.1, -0.05) is 45.6 Å². The van der Waals surface area contributed by atoms with E-state index in [2.05, 4.69) is 44.9 Å². The Hall–Kier alpha value is -1.79. The molecule has 21 heavy (non-hydrogen) atoms. The van der Waals surface area contributed by atoms with Gasteiger partial charge in [0.05, 0.1) is 6.54 Å². The Morgan fingerprint density at radius 3 is 2.62 bits per heavy atom. The molecule has 3 nitrogen and oxygen atoms in total. The topological polar surface area (TPSA) is 55.1 Å². The van der Waals surface area contributed by atoms with Gasteiger partial charge in [-0.15, -0.1) is 0 Å². The summed E-state index contributed by atoms with van der Waals surface area (Å²) in [4.78, 5) is 12.3. The molecule has 0 aliphatic heterocycles. The van der Waals surface area contributed by atoms with E-state index in [1.165, 1.54) is 0 Å². The molecule has 0 heterocycles. The highest BCUT2D eigenvalue weighted by molar-refractivity contribution is 5.94. The SMILES string of the molecule is Cc1ccc(C(=O)NCC(C)(C)C(C)C)cc1C#CCN. The van der Waals surface area contributed by atoms with Crippen molar-refractivity contribution in [3.8, 4) is 11.8 Å². The zero-order chi connectivity index (χ0) is 16.0. The predicted octanol–water partition coefficient (Wildman–Crippen LogP) is 2.72. The molecule has 3 N–H and O–H groups in total. The van der Waals surface area contributed by atoms with Crippen LogP contribution in [0, 0.1) is 30.1 Å². The minimum absolute atomic E-state index is 0.0560. The van der Waals surface area contributed by atoms with Crippen LogP contribution in [-0.4, -0.2) is 19.0 Å². The number of carbonyl (C=O) groups is 1. The van der Waals surface area contributed by atoms with Crippen LogP contribution in [0.25, 0.3) is 0 Å². The third-order valence-corrected chi connectivity index (χ3v) is 4.09. The van der Waals surface area contributed by atoms with Crippen LogP contribution in [-0.2, 0) is 0 Å². The summed E-state index contributed by atoms with van der Waals surface area (Å²) >= 11 is 0. The van der Waals surface area contributed by atoms with Crippen molar-refractivity contribution in [3.05, 3.63) is 34.9 Å². The lowest BCUT2D eigenvalue weighted by atomic mass is 9.81. The van der Waals surface area contributed by atoms with Crippen molar-refractivity contribution >= 4 is 5.91 Å². The molecule has 0 aliphatic rings. The number of hydrogen-bond donors (Lipinski definition) is 2. The minimum Gasteiger partial charge on any atom is -0.351 e. The predicted molar refractivity (Wildman–Crippen MR) is 88.1 cm³/mol. The molecule has 0 radical (unpaired) electrons. The zero-order valence-electron chi connectivity index (χ0n) is 13.7. The highest BCUT2D eigenvalue weighted by atomic mass is 16.1. The van der Waals surface area contributed by atoms with E-state index in [1.807, 2.05) is 25.1 Å². The Kier molecular flexibility index (Phi) is 5.99. The lowest BCUT2D eigenvalue weighted by Gasteiger charge is -2.29. The first-order valence-corrected chi connectivity index (χ1v) is 7.35. The summed E-state index contributed by atoms with van der Waals surface area (Å²) in [5.74, 6) is 6.28. The van der Waals surface area contributed by atoms with E-state index < -0.39 is 0 Å². The van der Waals surface area contributed by atoms with Gasteiger partial charge in [0.1, 0.15) is 0 Å². The van der Waals surface area contributed by atoms with Crippen molar-refractivity contribution in [3.63, 3.8) is 0 Å². The maximum Gasteiger partial charge on any atom is 0.251 e. The van der Waals surface area contributed by atoms with Crippen LogP contribution in [0.4, 0.5) is 0 Å². The standard InChI is InChI=1S/C18H26N2O/c1-13(2)18(4,5)12-20-17(21)16-9-8-14(3)15(11-16)7-6-10-19/h8-9,11,13H,10,12,19H2,1-5H3,(H,20,21). The smallest absolute Gasteiger partial charge is 0.251 e. The van der Waals surface area contributed by atoms with Crippen LogP contribution >= 0.6 is 0 Å². The van der Waals surface area contributed by atoms with Crippen LogP contribution in [0.3, 0.4) is 0 Å². The van der Waals surface area contributed by atoms with Crippen molar-refractivity contribution in [2.45, 2.75) is 34.6 Å². The second kappa shape index (κ2) is 7.28. The molecule has 0 bridgehead atoms. The van der Waals surface area contributed by atoms with Crippen LogP contribution in [0.2, 0.25) is 0 Å². The Balaban J connectivity index is 2.84. The van der Waals surface area contributed by atoms with Gasteiger partial charge in [0.2, 0.25) is 0 Å². The van der Waals surface area contributed by atoms with Gasteiger partial charge in [0, 0.05) is 17.7 Å². The molecule has 0 aromatic heterocycles. The van der Waals surface area contributed by atoms with E-state index in [0.29, 0.717) is 24.6 Å². The highest BCUT2D eigenvalue weighted by Gasteiger charge is 2.23. The summed E-state index contributed by atoms with van der Waals surface area (Å²) in [6, 6.07) is 5.58. The van der Waals surface area contributed by atoms with Gasteiger partial charge >= 0.3 is 0 Å². The zero-order valence-corrected chi connectivity index (χ0v) is 13.7. The van der Waals surface area contributed by atoms with E-state index >= 15 is 0 Å². The van der Waals surface area contributed by atoms with Crippen molar-refractivity contribution in [2.75, 3.05) is 13.1 Å². The Labute approximate surface area is 128 Å². The van der Waals surface area contributed by atoms with Crippen molar-refractivity contribution < 1.29 is 4.79 Å². The van der Waals surface area contributed by atoms with Crippen molar-refractivity contribution in [2.24, 2.45) is 17.1 Å². The number of hydrogen-bond acceptors (Lipinski definition) is 2. The maximum atomic E-state index is 12.3. The van der Waals surface area contributed by atoms with Gasteiger partial charge in [0.15, 0.2) is 0 Å². The fourth-order valence-corrected chi connectivity index (χ4v) is 1.66. The third-order valence-electron chi connectivity index (χ3n) is 4.09. The fraction of sp³-hybridized carbons (Fsp3) is 0.500. The molecule has 0 saturated carbocycles. The average molecular weight is 286 g/mol. The number of nitrogens with one attached hydrogen (secondary N) is 1. The molecule has 0 fully saturated rings. The summed E-state index contributed by atoms with van der Waals surface area (Å²) in [5, 5.41) is 3.01. The molecular formula is C18H26N2O. The molecule has 1 aromatic carbocycles. The molecule has 0 unspecified atom stereocenters. The summed E-state index contributed by atoms with van der Waals surface area (Å²) in [6.45, 7) is 11.6. The van der Waals surface area contributed by atoms with Crippen LogP contribution < -0.4 is 11.1 Å². The molecule has 0 saturated heterocycles.